The number of aryl methyl sites for hydroxylation is 1. The summed E-state index contributed by atoms with van der Waals surface area (Å²) in [4.78, 5) is 31.0. The van der Waals surface area contributed by atoms with Crippen molar-refractivity contribution >= 4 is 23.0 Å². The Kier molecular flexibility index (Phi) is 4.25. The van der Waals surface area contributed by atoms with Crippen molar-refractivity contribution in [3.05, 3.63) is 16.1 Å². The summed E-state index contributed by atoms with van der Waals surface area (Å²) in [7, 11) is 0. The Morgan fingerprint density at radius 1 is 1.41 bits per heavy atom. The van der Waals surface area contributed by atoms with E-state index >= 15 is 0 Å². The number of amides is 1. The first-order valence-corrected chi connectivity index (χ1v) is 8.62. The van der Waals surface area contributed by atoms with E-state index < -0.39 is 5.92 Å². The molecule has 2 heterocycles. The molecule has 1 aliphatic heterocycles. The van der Waals surface area contributed by atoms with Gasteiger partial charge in [-0.2, -0.15) is 5.26 Å². The van der Waals surface area contributed by atoms with E-state index in [0.29, 0.717) is 11.6 Å². The molecule has 2 aliphatic rings. The second-order valence-electron chi connectivity index (χ2n) is 6.19. The van der Waals surface area contributed by atoms with Gasteiger partial charge in [-0.05, 0) is 32.6 Å². The zero-order valence-corrected chi connectivity index (χ0v) is 13.4. The quantitative estimate of drug-likeness (QED) is 0.854. The summed E-state index contributed by atoms with van der Waals surface area (Å²) in [5.41, 5.74) is 0.835. The van der Waals surface area contributed by atoms with Crippen molar-refractivity contribution in [3.8, 4) is 6.07 Å². The Morgan fingerprint density at radius 2 is 2.18 bits per heavy atom. The predicted octanol–water partition coefficient (Wildman–Crippen LogP) is 2.28. The van der Waals surface area contributed by atoms with Crippen LogP contribution in [0.2, 0.25) is 0 Å². The van der Waals surface area contributed by atoms with Crippen LogP contribution in [0.25, 0.3) is 0 Å². The van der Waals surface area contributed by atoms with Gasteiger partial charge in [0.25, 0.3) is 0 Å². The van der Waals surface area contributed by atoms with Crippen LogP contribution in [-0.4, -0.2) is 34.7 Å². The monoisotopic (exact) mass is 317 g/mol. The minimum Gasteiger partial charge on any atom is -0.342 e. The first-order valence-electron chi connectivity index (χ1n) is 7.74. The fourth-order valence-electron chi connectivity index (χ4n) is 2.98. The Balaban J connectivity index is 1.70. The molecule has 0 spiro atoms. The Hall–Kier alpha value is -1.74. The van der Waals surface area contributed by atoms with Gasteiger partial charge < -0.3 is 4.90 Å². The molecule has 2 unspecified atom stereocenters. The van der Waals surface area contributed by atoms with Crippen LogP contribution in [0.5, 0.6) is 0 Å². The number of carbonyl (C=O) groups is 2. The molecule has 5 nitrogen and oxygen atoms in total. The summed E-state index contributed by atoms with van der Waals surface area (Å²) in [6.45, 7) is 3.07. The van der Waals surface area contributed by atoms with E-state index in [2.05, 4.69) is 11.1 Å². The number of aromatic nitrogens is 1. The van der Waals surface area contributed by atoms with E-state index in [1.165, 1.54) is 11.3 Å². The standard InChI is InChI=1S/C16H19N3O2S/c1-10-9-22-15(18-10)13(7-17)14(20)12-3-2-6-19(8-12)16(21)11-4-5-11/h9,11-13H,2-6,8H2,1H3. The molecule has 2 atom stereocenters. The molecule has 0 aromatic carbocycles. The zero-order valence-electron chi connectivity index (χ0n) is 12.6. The van der Waals surface area contributed by atoms with E-state index in [1.54, 1.807) is 0 Å². The van der Waals surface area contributed by atoms with Gasteiger partial charge in [-0.1, -0.05) is 0 Å². The van der Waals surface area contributed by atoms with E-state index in [-0.39, 0.29) is 23.5 Å². The highest BCUT2D eigenvalue weighted by Crippen LogP contribution is 2.33. The van der Waals surface area contributed by atoms with Crippen molar-refractivity contribution in [1.82, 2.24) is 9.88 Å². The molecule has 6 heteroatoms. The SMILES string of the molecule is Cc1csc(C(C#N)C(=O)C2CCCN(C(=O)C3CC3)C2)n1. The third-order valence-corrected chi connectivity index (χ3v) is 5.39. The molecule has 1 aromatic rings. The molecule has 1 saturated heterocycles. The number of likely N-dealkylation sites (tertiary alicyclic amines) is 1. The summed E-state index contributed by atoms with van der Waals surface area (Å²) in [5, 5.41) is 11.8. The highest BCUT2D eigenvalue weighted by molar-refractivity contribution is 7.09. The van der Waals surface area contributed by atoms with Crippen molar-refractivity contribution in [1.29, 1.82) is 5.26 Å². The lowest BCUT2D eigenvalue weighted by Gasteiger charge is -2.32. The molecule has 1 saturated carbocycles. The van der Waals surface area contributed by atoms with Gasteiger partial charge in [0.15, 0.2) is 11.7 Å². The van der Waals surface area contributed by atoms with Gasteiger partial charge in [0.2, 0.25) is 5.91 Å². The van der Waals surface area contributed by atoms with Crippen LogP contribution in [0.15, 0.2) is 5.38 Å². The van der Waals surface area contributed by atoms with Crippen LogP contribution < -0.4 is 0 Å². The molecular weight excluding hydrogens is 298 g/mol. The van der Waals surface area contributed by atoms with Crippen molar-refractivity contribution in [3.63, 3.8) is 0 Å². The van der Waals surface area contributed by atoms with Gasteiger partial charge in [0.05, 0.1) is 6.07 Å². The number of hydrogen-bond donors (Lipinski definition) is 0. The normalized spacial score (nSPS) is 22.9. The lowest BCUT2D eigenvalue weighted by atomic mass is 9.87. The van der Waals surface area contributed by atoms with E-state index in [0.717, 1.165) is 37.9 Å². The van der Waals surface area contributed by atoms with Gasteiger partial charge in [-0.15, -0.1) is 11.3 Å². The van der Waals surface area contributed by atoms with Crippen LogP contribution in [0, 0.1) is 30.1 Å². The number of hydrogen-bond acceptors (Lipinski definition) is 5. The molecule has 1 amide bonds. The highest BCUT2D eigenvalue weighted by atomic mass is 32.1. The molecule has 0 radical (unpaired) electrons. The van der Waals surface area contributed by atoms with E-state index in [9.17, 15) is 14.9 Å². The second-order valence-corrected chi connectivity index (χ2v) is 7.08. The maximum absolute atomic E-state index is 12.7. The van der Waals surface area contributed by atoms with Crippen molar-refractivity contribution in [2.45, 2.75) is 38.5 Å². The summed E-state index contributed by atoms with van der Waals surface area (Å²) >= 11 is 1.36. The Bertz CT molecular complexity index is 630. The zero-order chi connectivity index (χ0) is 15.7. The lowest BCUT2D eigenvalue weighted by molar-refractivity contribution is -0.136. The topological polar surface area (TPSA) is 74.1 Å². The van der Waals surface area contributed by atoms with E-state index in [1.807, 2.05) is 17.2 Å². The predicted molar refractivity (Wildman–Crippen MR) is 82.2 cm³/mol. The average molecular weight is 317 g/mol. The van der Waals surface area contributed by atoms with Gasteiger partial charge in [-0.25, -0.2) is 4.98 Å². The van der Waals surface area contributed by atoms with Crippen LogP contribution in [0.1, 0.15) is 42.3 Å². The summed E-state index contributed by atoms with van der Waals surface area (Å²) in [6.07, 6.45) is 3.56. The molecule has 1 aliphatic carbocycles. The smallest absolute Gasteiger partial charge is 0.225 e. The van der Waals surface area contributed by atoms with Crippen molar-refractivity contribution in [2.75, 3.05) is 13.1 Å². The van der Waals surface area contributed by atoms with Crippen molar-refractivity contribution < 1.29 is 9.59 Å². The first-order chi connectivity index (χ1) is 10.6. The van der Waals surface area contributed by atoms with Crippen molar-refractivity contribution in [2.24, 2.45) is 11.8 Å². The van der Waals surface area contributed by atoms with Gasteiger partial charge in [-0.3, -0.25) is 9.59 Å². The van der Waals surface area contributed by atoms with Gasteiger partial charge in [0, 0.05) is 36.0 Å². The van der Waals surface area contributed by atoms with Crippen LogP contribution in [0.4, 0.5) is 0 Å². The number of nitriles is 1. The molecule has 2 fully saturated rings. The molecule has 3 rings (SSSR count). The molecule has 0 N–H and O–H groups in total. The van der Waals surface area contributed by atoms with Crippen LogP contribution >= 0.6 is 11.3 Å². The van der Waals surface area contributed by atoms with Crippen LogP contribution in [0.3, 0.4) is 0 Å². The molecule has 22 heavy (non-hydrogen) atoms. The number of rotatable bonds is 4. The Labute approximate surface area is 133 Å². The number of ketones is 1. The number of nitrogens with zero attached hydrogens (tertiary/aromatic N) is 3. The number of Topliss-reactive ketones (excluding diaryl/α,β-unsaturated/α-hetero) is 1. The third-order valence-electron chi connectivity index (χ3n) is 4.36. The Morgan fingerprint density at radius 3 is 2.77 bits per heavy atom. The molecule has 116 valence electrons. The largest absolute Gasteiger partial charge is 0.342 e. The highest BCUT2D eigenvalue weighted by Gasteiger charge is 2.38. The first kappa shape index (κ1) is 15.2. The van der Waals surface area contributed by atoms with Crippen LogP contribution in [-0.2, 0) is 9.59 Å². The average Bonchev–Trinajstić information content (AvgIpc) is 3.30. The second kappa shape index (κ2) is 6.17. The minimum atomic E-state index is -0.792. The number of piperidine rings is 1. The summed E-state index contributed by atoms with van der Waals surface area (Å²) in [6, 6.07) is 2.10. The minimum absolute atomic E-state index is 0.0786. The lowest BCUT2D eigenvalue weighted by Crippen LogP contribution is -2.43. The molecular formula is C16H19N3O2S. The third kappa shape index (κ3) is 3.05. The fourth-order valence-corrected chi connectivity index (χ4v) is 3.82. The number of thiazole rings is 1. The van der Waals surface area contributed by atoms with E-state index in [4.69, 9.17) is 0 Å². The van der Waals surface area contributed by atoms with Gasteiger partial charge in [0.1, 0.15) is 5.01 Å². The molecule has 1 aromatic heterocycles. The fraction of sp³-hybridized carbons (Fsp3) is 0.625. The maximum Gasteiger partial charge on any atom is 0.225 e. The van der Waals surface area contributed by atoms with Gasteiger partial charge >= 0.3 is 0 Å². The molecule has 0 bridgehead atoms. The summed E-state index contributed by atoms with van der Waals surface area (Å²) < 4.78 is 0. The number of carbonyl (C=O) groups excluding carboxylic acids is 2. The maximum atomic E-state index is 12.7. The summed E-state index contributed by atoms with van der Waals surface area (Å²) in [5.74, 6) is -0.728.